The molecule has 0 spiro atoms. The molecule has 0 saturated heterocycles. The summed E-state index contributed by atoms with van der Waals surface area (Å²) in [7, 11) is 0. The Kier molecular flexibility index (Phi) is 3.47. The molecule has 0 bridgehead atoms. The fourth-order valence-electron chi connectivity index (χ4n) is 2.39. The first-order valence-corrected chi connectivity index (χ1v) is 6.98. The Morgan fingerprint density at radius 3 is 2.71 bits per heavy atom. The molecule has 0 aliphatic heterocycles. The third kappa shape index (κ3) is 2.32. The van der Waals surface area contributed by atoms with Gasteiger partial charge in [-0.1, -0.05) is 12.1 Å². The summed E-state index contributed by atoms with van der Waals surface area (Å²) in [6.07, 6.45) is 0. The molecule has 3 rings (SSSR count). The van der Waals surface area contributed by atoms with Crippen LogP contribution in [0.3, 0.4) is 0 Å². The van der Waals surface area contributed by atoms with Gasteiger partial charge in [0.2, 0.25) is 0 Å². The third-order valence-corrected chi connectivity index (χ3v) is 3.60. The Hall–Kier alpha value is -2.20. The summed E-state index contributed by atoms with van der Waals surface area (Å²) in [6, 6.07) is 11.4. The highest BCUT2D eigenvalue weighted by atomic mass is 35.5. The summed E-state index contributed by atoms with van der Waals surface area (Å²) in [6.45, 7) is 1.75. The fourth-order valence-corrected chi connectivity index (χ4v) is 2.57. The fraction of sp³-hybridized carbons (Fsp3) is 0.125. The number of alkyl halides is 1. The Morgan fingerprint density at radius 2 is 2.00 bits per heavy atom. The van der Waals surface area contributed by atoms with Gasteiger partial charge in [0.15, 0.2) is 0 Å². The Labute approximate surface area is 125 Å². The van der Waals surface area contributed by atoms with E-state index in [0.717, 1.165) is 0 Å². The minimum atomic E-state index is -0.342. The van der Waals surface area contributed by atoms with E-state index in [4.69, 9.17) is 11.6 Å². The molecule has 0 unspecified atom stereocenters. The average molecular weight is 303 g/mol. The molecule has 1 aromatic heterocycles. The van der Waals surface area contributed by atoms with Gasteiger partial charge in [-0.25, -0.2) is 9.37 Å². The molecule has 3 aromatic rings. The van der Waals surface area contributed by atoms with Gasteiger partial charge in [0.25, 0.3) is 5.56 Å². The minimum absolute atomic E-state index is 0.0941. The molecule has 3 nitrogen and oxygen atoms in total. The van der Waals surface area contributed by atoms with E-state index in [0.29, 0.717) is 28.0 Å². The van der Waals surface area contributed by atoms with E-state index in [-0.39, 0.29) is 17.3 Å². The number of hydrogen-bond acceptors (Lipinski definition) is 2. The Morgan fingerprint density at radius 1 is 1.24 bits per heavy atom. The van der Waals surface area contributed by atoms with Crippen LogP contribution in [0.25, 0.3) is 16.6 Å². The van der Waals surface area contributed by atoms with E-state index in [9.17, 15) is 9.18 Å². The van der Waals surface area contributed by atoms with Crippen molar-refractivity contribution in [2.24, 2.45) is 0 Å². The van der Waals surface area contributed by atoms with Crippen molar-refractivity contribution in [1.29, 1.82) is 0 Å². The maximum absolute atomic E-state index is 13.3. The van der Waals surface area contributed by atoms with Gasteiger partial charge in [-0.2, -0.15) is 0 Å². The molecule has 0 aliphatic carbocycles. The van der Waals surface area contributed by atoms with E-state index in [2.05, 4.69) is 4.98 Å². The number of aryl methyl sites for hydroxylation is 1. The second kappa shape index (κ2) is 5.30. The normalized spacial score (nSPS) is 11.0. The number of hydrogen-bond donors (Lipinski definition) is 0. The van der Waals surface area contributed by atoms with Gasteiger partial charge in [-0.15, -0.1) is 11.6 Å². The van der Waals surface area contributed by atoms with Crippen molar-refractivity contribution in [3.63, 3.8) is 0 Å². The molecule has 0 fully saturated rings. The van der Waals surface area contributed by atoms with Crippen molar-refractivity contribution >= 4 is 22.5 Å². The van der Waals surface area contributed by atoms with Crippen LogP contribution in [0.4, 0.5) is 4.39 Å². The second-order valence-corrected chi connectivity index (χ2v) is 5.02. The molecule has 0 aliphatic rings. The predicted molar refractivity (Wildman–Crippen MR) is 81.6 cm³/mol. The quantitative estimate of drug-likeness (QED) is 0.678. The Bertz CT molecular complexity index is 889. The van der Waals surface area contributed by atoms with E-state index in [1.165, 1.54) is 16.7 Å². The summed E-state index contributed by atoms with van der Waals surface area (Å²) in [5.74, 6) is 0.192. The highest BCUT2D eigenvalue weighted by Crippen LogP contribution is 2.18. The van der Waals surface area contributed by atoms with Crippen molar-refractivity contribution in [2.45, 2.75) is 12.8 Å². The number of benzene rings is 2. The molecule has 0 radical (unpaired) electrons. The first kappa shape index (κ1) is 13.8. The predicted octanol–water partition coefficient (Wildman–Crippen LogP) is 3.57. The van der Waals surface area contributed by atoms with E-state index < -0.39 is 0 Å². The van der Waals surface area contributed by atoms with Gasteiger partial charge in [-0.3, -0.25) is 9.36 Å². The first-order valence-electron chi connectivity index (χ1n) is 6.45. The van der Waals surface area contributed by atoms with Crippen LogP contribution in [0.15, 0.2) is 47.3 Å². The summed E-state index contributed by atoms with van der Waals surface area (Å²) >= 11 is 5.94. The molecular formula is C16H12ClFN2O. The molecule has 21 heavy (non-hydrogen) atoms. The van der Waals surface area contributed by atoms with Crippen LogP contribution in [0, 0.1) is 12.7 Å². The lowest BCUT2D eigenvalue weighted by Crippen LogP contribution is -2.24. The number of halogens is 2. The number of rotatable bonds is 2. The molecule has 0 N–H and O–H groups in total. The zero-order chi connectivity index (χ0) is 15.0. The van der Waals surface area contributed by atoms with Gasteiger partial charge in [0, 0.05) is 0 Å². The highest BCUT2D eigenvalue weighted by Gasteiger charge is 2.13. The van der Waals surface area contributed by atoms with Crippen LogP contribution in [0.5, 0.6) is 0 Å². The number of aromatic nitrogens is 2. The van der Waals surface area contributed by atoms with Crippen molar-refractivity contribution in [2.75, 3.05) is 0 Å². The standard InChI is InChI=1S/C16H12ClFN2O/c1-10-8-11(18)6-7-14(10)20-15(9-17)19-13-5-3-2-4-12(13)16(20)21/h2-8H,9H2,1H3. The molecule has 1 heterocycles. The minimum Gasteiger partial charge on any atom is -0.268 e. The molecule has 0 saturated carbocycles. The second-order valence-electron chi connectivity index (χ2n) is 4.75. The van der Waals surface area contributed by atoms with Crippen LogP contribution in [-0.2, 0) is 5.88 Å². The monoisotopic (exact) mass is 302 g/mol. The van der Waals surface area contributed by atoms with Gasteiger partial charge < -0.3 is 0 Å². The Balaban J connectivity index is 2.41. The summed E-state index contributed by atoms with van der Waals surface area (Å²) in [4.78, 5) is 17.1. The summed E-state index contributed by atoms with van der Waals surface area (Å²) in [5.41, 5.74) is 1.65. The lowest BCUT2D eigenvalue weighted by atomic mass is 10.1. The third-order valence-electron chi connectivity index (χ3n) is 3.36. The number of fused-ring (bicyclic) bond motifs is 1. The lowest BCUT2D eigenvalue weighted by Gasteiger charge is -2.14. The largest absolute Gasteiger partial charge is 0.268 e. The van der Waals surface area contributed by atoms with Gasteiger partial charge in [0.1, 0.15) is 11.6 Å². The maximum Gasteiger partial charge on any atom is 0.266 e. The van der Waals surface area contributed by atoms with Crippen molar-refractivity contribution < 1.29 is 4.39 Å². The van der Waals surface area contributed by atoms with Crippen molar-refractivity contribution in [1.82, 2.24) is 9.55 Å². The van der Waals surface area contributed by atoms with Crippen LogP contribution >= 0.6 is 11.6 Å². The number of nitrogens with zero attached hydrogens (tertiary/aromatic N) is 2. The van der Waals surface area contributed by atoms with Gasteiger partial charge in [0.05, 0.1) is 22.5 Å². The lowest BCUT2D eigenvalue weighted by molar-refractivity contribution is 0.625. The SMILES string of the molecule is Cc1cc(F)ccc1-n1c(CCl)nc2ccccc2c1=O. The maximum atomic E-state index is 13.3. The smallest absolute Gasteiger partial charge is 0.266 e. The van der Waals surface area contributed by atoms with Gasteiger partial charge >= 0.3 is 0 Å². The molecule has 0 atom stereocenters. The topological polar surface area (TPSA) is 34.9 Å². The van der Waals surface area contributed by atoms with Crippen LogP contribution in [0.1, 0.15) is 11.4 Å². The number of para-hydroxylation sites is 1. The van der Waals surface area contributed by atoms with Crippen molar-refractivity contribution in [3.05, 3.63) is 70.0 Å². The zero-order valence-corrected chi connectivity index (χ0v) is 12.1. The van der Waals surface area contributed by atoms with E-state index in [1.54, 1.807) is 31.2 Å². The van der Waals surface area contributed by atoms with Crippen LogP contribution in [-0.4, -0.2) is 9.55 Å². The molecule has 2 aromatic carbocycles. The average Bonchev–Trinajstić information content (AvgIpc) is 2.48. The molecular weight excluding hydrogens is 291 g/mol. The van der Waals surface area contributed by atoms with E-state index in [1.807, 2.05) is 6.07 Å². The highest BCUT2D eigenvalue weighted by molar-refractivity contribution is 6.16. The van der Waals surface area contributed by atoms with E-state index >= 15 is 0 Å². The zero-order valence-electron chi connectivity index (χ0n) is 11.3. The van der Waals surface area contributed by atoms with Gasteiger partial charge in [-0.05, 0) is 42.8 Å². The van der Waals surface area contributed by atoms with Crippen LogP contribution < -0.4 is 5.56 Å². The first-order chi connectivity index (χ1) is 10.1. The molecule has 0 amide bonds. The van der Waals surface area contributed by atoms with Crippen LogP contribution in [0.2, 0.25) is 0 Å². The van der Waals surface area contributed by atoms with Crippen molar-refractivity contribution in [3.8, 4) is 5.69 Å². The summed E-state index contributed by atoms with van der Waals surface area (Å²) in [5, 5.41) is 0.509. The molecule has 5 heteroatoms. The summed E-state index contributed by atoms with van der Waals surface area (Å²) < 4.78 is 14.7. The molecule has 106 valence electrons.